The van der Waals surface area contributed by atoms with Crippen LogP contribution in [0.15, 0.2) is 18.6 Å². The summed E-state index contributed by atoms with van der Waals surface area (Å²) in [5, 5.41) is 14.9. The highest BCUT2D eigenvalue weighted by atomic mass is 15.3. The Morgan fingerprint density at radius 2 is 2.10 bits per heavy atom. The van der Waals surface area contributed by atoms with Gasteiger partial charge in [0.2, 0.25) is 0 Å². The maximum absolute atomic E-state index is 4.40. The van der Waals surface area contributed by atoms with Gasteiger partial charge < -0.3 is 5.32 Å². The lowest BCUT2D eigenvalue weighted by atomic mass is 10.1. The fourth-order valence-electron chi connectivity index (χ4n) is 2.08. The lowest BCUT2D eigenvalue weighted by Gasteiger charge is -2.18. The molecule has 0 radical (unpaired) electrons. The van der Waals surface area contributed by atoms with Crippen molar-refractivity contribution in [3.05, 3.63) is 35.4 Å². The van der Waals surface area contributed by atoms with E-state index in [1.54, 1.807) is 0 Å². The van der Waals surface area contributed by atoms with Crippen LogP contribution in [0.3, 0.4) is 0 Å². The highest BCUT2D eigenvalue weighted by molar-refractivity contribution is 5.14. The maximum Gasteiger partial charge on any atom is 0.0543 e. The van der Waals surface area contributed by atoms with Crippen molar-refractivity contribution in [2.24, 2.45) is 0 Å². The molecule has 0 aliphatic carbocycles. The van der Waals surface area contributed by atoms with Gasteiger partial charge >= 0.3 is 0 Å². The lowest BCUT2D eigenvalue weighted by molar-refractivity contribution is 0.355. The molecule has 110 valence electrons. The molecular weight excluding hydrogens is 250 g/mol. The summed E-state index contributed by atoms with van der Waals surface area (Å²) in [4.78, 5) is 0. The number of nitrogens with one attached hydrogen (secondary N) is 2. The summed E-state index contributed by atoms with van der Waals surface area (Å²) in [6.45, 7) is 10.4. The van der Waals surface area contributed by atoms with Gasteiger partial charge in [-0.15, -0.1) is 0 Å². The van der Waals surface area contributed by atoms with E-state index in [0.29, 0.717) is 0 Å². The summed E-state index contributed by atoms with van der Waals surface area (Å²) in [7, 11) is 0. The molecule has 2 rings (SSSR count). The second-order valence-electron chi connectivity index (χ2n) is 6.26. The van der Waals surface area contributed by atoms with Crippen LogP contribution in [-0.2, 0) is 18.5 Å². The largest absolute Gasteiger partial charge is 0.313 e. The molecule has 0 saturated heterocycles. The van der Waals surface area contributed by atoms with E-state index in [4.69, 9.17) is 0 Å². The van der Waals surface area contributed by atoms with Gasteiger partial charge in [-0.2, -0.15) is 10.2 Å². The molecule has 5 nitrogen and oxygen atoms in total. The van der Waals surface area contributed by atoms with Crippen LogP contribution in [-0.4, -0.2) is 26.5 Å². The van der Waals surface area contributed by atoms with Crippen LogP contribution in [0.5, 0.6) is 0 Å². The van der Waals surface area contributed by atoms with Crippen molar-refractivity contribution in [2.45, 2.75) is 52.6 Å². The smallest absolute Gasteiger partial charge is 0.0543 e. The Labute approximate surface area is 120 Å². The molecule has 0 spiro atoms. The SMILES string of the molecule is Cc1[nH]ncc1CCCNCc1cnn(C(C)(C)C)c1. The van der Waals surface area contributed by atoms with Crippen molar-refractivity contribution in [2.75, 3.05) is 6.54 Å². The van der Waals surface area contributed by atoms with E-state index in [0.717, 1.165) is 25.9 Å². The van der Waals surface area contributed by atoms with Crippen molar-refractivity contribution in [3.63, 3.8) is 0 Å². The second-order valence-corrected chi connectivity index (χ2v) is 6.26. The molecule has 0 amide bonds. The molecule has 5 heteroatoms. The first-order chi connectivity index (χ1) is 9.47. The summed E-state index contributed by atoms with van der Waals surface area (Å²) < 4.78 is 2.01. The average molecular weight is 275 g/mol. The van der Waals surface area contributed by atoms with Crippen molar-refractivity contribution in [1.29, 1.82) is 0 Å². The van der Waals surface area contributed by atoms with Gasteiger partial charge in [-0.3, -0.25) is 9.78 Å². The Kier molecular flexibility index (Phi) is 4.60. The lowest BCUT2D eigenvalue weighted by Crippen LogP contribution is -2.22. The predicted molar refractivity (Wildman–Crippen MR) is 80.6 cm³/mol. The fourth-order valence-corrected chi connectivity index (χ4v) is 2.08. The summed E-state index contributed by atoms with van der Waals surface area (Å²) in [6.07, 6.45) is 8.17. The third-order valence-corrected chi connectivity index (χ3v) is 3.39. The number of rotatable bonds is 6. The quantitative estimate of drug-likeness (QED) is 0.796. The van der Waals surface area contributed by atoms with Gasteiger partial charge in [-0.05, 0) is 52.6 Å². The Bertz CT molecular complexity index is 532. The summed E-state index contributed by atoms with van der Waals surface area (Å²) >= 11 is 0. The van der Waals surface area contributed by atoms with Crippen LogP contribution in [0.4, 0.5) is 0 Å². The van der Waals surface area contributed by atoms with E-state index >= 15 is 0 Å². The topological polar surface area (TPSA) is 58.5 Å². The highest BCUT2D eigenvalue weighted by Crippen LogP contribution is 2.13. The second kappa shape index (κ2) is 6.22. The molecule has 2 heterocycles. The van der Waals surface area contributed by atoms with E-state index in [9.17, 15) is 0 Å². The van der Waals surface area contributed by atoms with Crippen molar-refractivity contribution < 1.29 is 0 Å². The van der Waals surface area contributed by atoms with Gasteiger partial charge in [0.25, 0.3) is 0 Å². The minimum absolute atomic E-state index is 0.0526. The Hall–Kier alpha value is -1.62. The molecule has 0 bridgehead atoms. The zero-order valence-corrected chi connectivity index (χ0v) is 12.9. The molecule has 0 unspecified atom stereocenters. The molecule has 0 aliphatic heterocycles. The molecule has 2 N–H and O–H groups in total. The third kappa shape index (κ3) is 3.93. The van der Waals surface area contributed by atoms with Crippen molar-refractivity contribution in [1.82, 2.24) is 25.3 Å². The summed E-state index contributed by atoms with van der Waals surface area (Å²) in [5.41, 5.74) is 3.78. The zero-order chi connectivity index (χ0) is 14.6. The first-order valence-corrected chi connectivity index (χ1v) is 7.20. The van der Waals surface area contributed by atoms with Gasteiger partial charge in [-0.1, -0.05) is 0 Å². The van der Waals surface area contributed by atoms with E-state index in [1.165, 1.54) is 16.8 Å². The minimum Gasteiger partial charge on any atom is -0.313 e. The van der Waals surface area contributed by atoms with Gasteiger partial charge in [-0.25, -0.2) is 0 Å². The van der Waals surface area contributed by atoms with E-state index in [2.05, 4.69) is 54.5 Å². The number of hydrogen-bond donors (Lipinski definition) is 2. The molecule has 2 aromatic heterocycles. The number of aryl methyl sites for hydroxylation is 2. The van der Waals surface area contributed by atoms with Gasteiger partial charge in [0.15, 0.2) is 0 Å². The predicted octanol–water partition coefficient (Wildman–Crippen LogP) is 2.39. The first kappa shape index (κ1) is 14.8. The van der Waals surface area contributed by atoms with Crippen LogP contribution < -0.4 is 5.32 Å². The van der Waals surface area contributed by atoms with Crippen molar-refractivity contribution >= 4 is 0 Å². The van der Waals surface area contributed by atoms with E-state index in [-0.39, 0.29) is 5.54 Å². The number of hydrogen-bond acceptors (Lipinski definition) is 3. The standard InChI is InChI=1S/C15H25N5/c1-12-14(10-17-19-12)6-5-7-16-8-13-9-18-20(11-13)15(2,3)4/h9-11,16H,5-8H2,1-4H3,(H,17,19). The molecule has 0 atom stereocenters. The van der Waals surface area contributed by atoms with Gasteiger partial charge in [0.05, 0.1) is 17.9 Å². The number of aromatic nitrogens is 4. The first-order valence-electron chi connectivity index (χ1n) is 7.20. The van der Waals surface area contributed by atoms with Crippen LogP contribution in [0.25, 0.3) is 0 Å². The molecule has 2 aromatic rings. The Balaban J connectivity index is 1.69. The fraction of sp³-hybridized carbons (Fsp3) is 0.600. The van der Waals surface area contributed by atoms with Gasteiger partial charge in [0.1, 0.15) is 0 Å². The Morgan fingerprint density at radius 1 is 1.30 bits per heavy atom. The van der Waals surface area contributed by atoms with Crippen LogP contribution >= 0.6 is 0 Å². The zero-order valence-electron chi connectivity index (χ0n) is 12.9. The van der Waals surface area contributed by atoms with Gasteiger partial charge in [0, 0.05) is 24.0 Å². The summed E-state index contributed by atoms with van der Waals surface area (Å²) in [5.74, 6) is 0. The molecule has 0 aliphatic rings. The average Bonchev–Trinajstić information content (AvgIpc) is 2.98. The number of nitrogens with zero attached hydrogens (tertiary/aromatic N) is 3. The van der Waals surface area contributed by atoms with Crippen LogP contribution in [0.1, 0.15) is 44.0 Å². The van der Waals surface area contributed by atoms with E-state index < -0.39 is 0 Å². The van der Waals surface area contributed by atoms with E-state index in [1.807, 2.05) is 17.1 Å². The van der Waals surface area contributed by atoms with Crippen LogP contribution in [0, 0.1) is 6.92 Å². The van der Waals surface area contributed by atoms with Crippen molar-refractivity contribution in [3.8, 4) is 0 Å². The number of H-pyrrole nitrogens is 1. The highest BCUT2D eigenvalue weighted by Gasteiger charge is 2.13. The molecular formula is C15H25N5. The monoisotopic (exact) mass is 275 g/mol. The molecule has 0 aromatic carbocycles. The third-order valence-electron chi connectivity index (χ3n) is 3.39. The minimum atomic E-state index is 0.0526. The van der Waals surface area contributed by atoms with Crippen LogP contribution in [0.2, 0.25) is 0 Å². The maximum atomic E-state index is 4.40. The molecule has 0 fully saturated rings. The Morgan fingerprint density at radius 3 is 2.70 bits per heavy atom. The molecule has 20 heavy (non-hydrogen) atoms. The summed E-state index contributed by atoms with van der Waals surface area (Å²) in [6, 6.07) is 0. The molecule has 0 saturated carbocycles. The normalized spacial score (nSPS) is 12.0. The number of aromatic amines is 1.